The van der Waals surface area contributed by atoms with Crippen LogP contribution < -0.4 is 10.5 Å². The summed E-state index contributed by atoms with van der Waals surface area (Å²) in [7, 11) is 1.57. The largest absolute Gasteiger partial charge is 0.496 e. The first-order chi connectivity index (χ1) is 9.67. The van der Waals surface area contributed by atoms with Gasteiger partial charge in [-0.15, -0.1) is 0 Å². The summed E-state index contributed by atoms with van der Waals surface area (Å²) in [6.07, 6.45) is 0. The van der Waals surface area contributed by atoms with Crippen LogP contribution >= 0.6 is 0 Å². The van der Waals surface area contributed by atoms with Gasteiger partial charge in [-0.25, -0.2) is 0 Å². The lowest BCUT2D eigenvalue weighted by molar-refractivity contribution is 0.0959. The van der Waals surface area contributed by atoms with Gasteiger partial charge in [0.25, 0.3) is 0 Å². The fraction of sp³-hybridized carbons (Fsp3) is 0.235. The first-order valence-electron chi connectivity index (χ1n) is 6.61. The lowest BCUT2D eigenvalue weighted by Gasteiger charge is -2.16. The van der Waals surface area contributed by atoms with Crippen molar-refractivity contribution < 1.29 is 9.53 Å². The zero-order valence-electron chi connectivity index (χ0n) is 11.8. The first kappa shape index (κ1) is 14.3. The molecule has 3 nitrogen and oxygen atoms in total. The monoisotopic (exact) mass is 269 g/mol. The molecule has 1 atom stereocenters. The van der Waals surface area contributed by atoms with Crippen molar-refractivity contribution in [3.05, 3.63) is 65.2 Å². The Bertz CT molecular complexity index is 593. The van der Waals surface area contributed by atoms with Crippen molar-refractivity contribution in [3.8, 4) is 5.75 Å². The number of methoxy groups -OCH3 is 1. The van der Waals surface area contributed by atoms with E-state index in [1.165, 1.54) is 0 Å². The van der Waals surface area contributed by atoms with E-state index in [-0.39, 0.29) is 18.2 Å². The number of rotatable bonds is 5. The van der Waals surface area contributed by atoms with E-state index in [9.17, 15) is 4.79 Å². The van der Waals surface area contributed by atoms with Crippen molar-refractivity contribution in [3.63, 3.8) is 0 Å². The van der Waals surface area contributed by atoms with Crippen LogP contribution in [0.2, 0.25) is 0 Å². The zero-order valence-corrected chi connectivity index (χ0v) is 11.8. The molecule has 0 amide bonds. The number of nitrogens with two attached hydrogens (primary N) is 1. The number of benzene rings is 2. The Kier molecular flexibility index (Phi) is 4.53. The number of ketones is 1. The van der Waals surface area contributed by atoms with Crippen LogP contribution in [0.5, 0.6) is 5.75 Å². The van der Waals surface area contributed by atoms with Gasteiger partial charge in [0.2, 0.25) is 0 Å². The molecular weight excluding hydrogens is 250 g/mol. The summed E-state index contributed by atoms with van der Waals surface area (Å²) >= 11 is 0. The van der Waals surface area contributed by atoms with E-state index in [4.69, 9.17) is 10.5 Å². The molecule has 2 aromatic carbocycles. The van der Waals surface area contributed by atoms with Crippen LogP contribution in [0.15, 0.2) is 48.5 Å². The number of aryl methyl sites for hydroxylation is 1. The SMILES string of the molecule is COc1ccc(C)cc1C(=O)C(CN)c1ccccc1. The van der Waals surface area contributed by atoms with E-state index in [1.54, 1.807) is 7.11 Å². The maximum atomic E-state index is 12.7. The van der Waals surface area contributed by atoms with Gasteiger partial charge in [-0.2, -0.15) is 0 Å². The standard InChI is InChI=1S/C17H19NO2/c1-12-8-9-16(20-2)14(10-12)17(19)15(11-18)13-6-4-3-5-7-13/h3-10,15H,11,18H2,1-2H3. The van der Waals surface area contributed by atoms with Crippen LogP contribution in [-0.2, 0) is 0 Å². The number of ether oxygens (including phenoxy) is 1. The number of carbonyl (C=O) groups is 1. The minimum absolute atomic E-state index is 0.000694. The maximum absolute atomic E-state index is 12.7. The summed E-state index contributed by atoms with van der Waals surface area (Å²) in [6, 6.07) is 15.2. The van der Waals surface area contributed by atoms with Gasteiger partial charge in [0.05, 0.1) is 18.6 Å². The van der Waals surface area contributed by atoms with Crippen molar-refractivity contribution in [1.29, 1.82) is 0 Å². The van der Waals surface area contributed by atoms with Crippen LogP contribution in [0.25, 0.3) is 0 Å². The highest BCUT2D eigenvalue weighted by Crippen LogP contribution is 2.27. The number of carbonyl (C=O) groups excluding carboxylic acids is 1. The molecule has 0 heterocycles. The average Bonchev–Trinajstić information content (AvgIpc) is 2.49. The highest BCUT2D eigenvalue weighted by Gasteiger charge is 2.23. The summed E-state index contributed by atoms with van der Waals surface area (Å²) in [4.78, 5) is 12.7. The second-order valence-corrected chi connectivity index (χ2v) is 4.77. The van der Waals surface area contributed by atoms with Crippen LogP contribution in [0.4, 0.5) is 0 Å². The quantitative estimate of drug-likeness (QED) is 0.849. The molecule has 3 heteroatoms. The topological polar surface area (TPSA) is 52.3 Å². The summed E-state index contributed by atoms with van der Waals surface area (Å²) in [6.45, 7) is 2.23. The summed E-state index contributed by atoms with van der Waals surface area (Å²) in [5.41, 5.74) is 8.36. The normalized spacial score (nSPS) is 11.9. The Hall–Kier alpha value is -2.13. The Morgan fingerprint density at radius 3 is 2.50 bits per heavy atom. The Balaban J connectivity index is 2.41. The molecule has 0 aromatic heterocycles. The van der Waals surface area contributed by atoms with Gasteiger partial charge in [0.15, 0.2) is 5.78 Å². The van der Waals surface area contributed by atoms with Gasteiger partial charge in [-0.1, -0.05) is 42.0 Å². The summed E-state index contributed by atoms with van der Waals surface area (Å²) in [5.74, 6) is 0.251. The molecule has 2 rings (SSSR count). The van der Waals surface area contributed by atoms with E-state index in [1.807, 2.05) is 55.5 Å². The van der Waals surface area contributed by atoms with Crippen LogP contribution in [0.3, 0.4) is 0 Å². The summed E-state index contributed by atoms with van der Waals surface area (Å²) < 4.78 is 5.29. The van der Waals surface area contributed by atoms with Crippen molar-refractivity contribution in [1.82, 2.24) is 0 Å². The molecule has 0 spiro atoms. The lowest BCUT2D eigenvalue weighted by Crippen LogP contribution is -2.22. The predicted molar refractivity (Wildman–Crippen MR) is 80.3 cm³/mol. The number of Topliss-reactive ketones (excluding diaryl/α,β-unsaturated/α-hetero) is 1. The third-order valence-electron chi connectivity index (χ3n) is 3.37. The molecule has 0 fully saturated rings. The molecule has 0 bridgehead atoms. The lowest BCUT2D eigenvalue weighted by atomic mass is 9.90. The second kappa shape index (κ2) is 6.35. The molecule has 0 saturated carbocycles. The number of hydrogen-bond acceptors (Lipinski definition) is 3. The van der Waals surface area contributed by atoms with Crippen molar-refractivity contribution >= 4 is 5.78 Å². The molecule has 0 radical (unpaired) electrons. The third-order valence-corrected chi connectivity index (χ3v) is 3.37. The zero-order chi connectivity index (χ0) is 14.5. The van der Waals surface area contributed by atoms with Crippen LogP contribution in [0.1, 0.15) is 27.4 Å². The van der Waals surface area contributed by atoms with Crippen LogP contribution in [-0.4, -0.2) is 19.4 Å². The fourth-order valence-electron chi connectivity index (χ4n) is 2.28. The van der Waals surface area contributed by atoms with Gasteiger partial charge in [0, 0.05) is 6.54 Å². The van der Waals surface area contributed by atoms with Gasteiger partial charge >= 0.3 is 0 Å². The van der Waals surface area contributed by atoms with Gasteiger partial charge in [0.1, 0.15) is 5.75 Å². The fourth-order valence-corrected chi connectivity index (χ4v) is 2.28. The molecule has 2 N–H and O–H groups in total. The average molecular weight is 269 g/mol. The van der Waals surface area contributed by atoms with E-state index >= 15 is 0 Å². The Morgan fingerprint density at radius 2 is 1.90 bits per heavy atom. The van der Waals surface area contributed by atoms with Gasteiger partial charge in [-0.05, 0) is 24.6 Å². The van der Waals surface area contributed by atoms with E-state index in [2.05, 4.69) is 0 Å². The highest BCUT2D eigenvalue weighted by atomic mass is 16.5. The van der Waals surface area contributed by atoms with Crippen molar-refractivity contribution in [2.45, 2.75) is 12.8 Å². The Labute approximate surface area is 119 Å². The molecule has 20 heavy (non-hydrogen) atoms. The molecule has 0 aliphatic carbocycles. The van der Waals surface area contributed by atoms with Crippen molar-refractivity contribution in [2.24, 2.45) is 5.73 Å². The molecular formula is C17H19NO2. The maximum Gasteiger partial charge on any atom is 0.175 e. The third kappa shape index (κ3) is 2.89. The van der Waals surface area contributed by atoms with Gasteiger partial charge < -0.3 is 10.5 Å². The van der Waals surface area contributed by atoms with Crippen molar-refractivity contribution in [2.75, 3.05) is 13.7 Å². The minimum atomic E-state index is -0.341. The Morgan fingerprint density at radius 1 is 1.20 bits per heavy atom. The molecule has 104 valence electrons. The minimum Gasteiger partial charge on any atom is -0.496 e. The molecule has 0 aliphatic heterocycles. The summed E-state index contributed by atoms with van der Waals surface area (Å²) in [5, 5.41) is 0. The first-order valence-corrected chi connectivity index (χ1v) is 6.61. The predicted octanol–water partition coefficient (Wildman–Crippen LogP) is 2.93. The highest BCUT2D eigenvalue weighted by molar-refractivity contribution is 6.03. The molecule has 0 saturated heterocycles. The smallest absolute Gasteiger partial charge is 0.175 e. The number of hydrogen-bond donors (Lipinski definition) is 1. The van der Waals surface area contributed by atoms with Crippen LogP contribution in [0, 0.1) is 6.92 Å². The van der Waals surface area contributed by atoms with Gasteiger partial charge in [-0.3, -0.25) is 4.79 Å². The second-order valence-electron chi connectivity index (χ2n) is 4.77. The molecule has 1 unspecified atom stereocenters. The van der Waals surface area contributed by atoms with E-state index in [0.29, 0.717) is 11.3 Å². The van der Waals surface area contributed by atoms with E-state index < -0.39 is 0 Å². The molecule has 0 aliphatic rings. The van der Waals surface area contributed by atoms with E-state index in [0.717, 1.165) is 11.1 Å². The molecule has 2 aromatic rings.